The summed E-state index contributed by atoms with van der Waals surface area (Å²) in [5, 5.41) is 9.94. The lowest BCUT2D eigenvalue weighted by atomic mass is 9.92. The molecule has 0 saturated heterocycles. The number of pyridine rings is 1. The fourth-order valence-corrected chi connectivity index (χ4v) is 5.70. The first-order chi connectivity index (χ1) is 17.6. The maximum atomic E-state index is 13.0. The minimum atomic E-state index is -0.00290. The van der Waals surface area contributed by atoms with E-state index in [0.29, 0.717) is 29.8 Å². The van der Waals surface area contributed by atoms with E-state index in [9.17, 15) is 4.79 Å². The van der Waals surface area contributed by atoms with Crippen molar-refractivity contribution in [1.82, 2.24) is 20.1 Å². The number of nitrogens with two attached hydrogens (primary N) is 1. The molecule has 0 fully saturated rings. The van der Waals surface area contributed by atoms with Gasteiger partial charge < -0.3 is 15.6 Å². The first-order valence-electron chi connectivity index (χ1n) is 12.8. The lowest BCUT2D eigenvalue weighted by molar-refractivity contribution is -0.117. The van der Waals surface area contributed by atoms with Gasteiger partial charge in [0, 0.05) is 41.1 Å². The van der Waals surface area contributed by atoms with Crippen LogP contribution in [0, 0.1) is 19.8 Å². The Bertz CT molecular complexity index is 1370. The number of carbonyl (C=O) groups excluding carboxylic acids is 1. The predicted molar refractivity (Wildman–Crippen MR) is 149 cm³/mol. The number of anilines is 1. The number of nitrogens with zero attached hydrogens (tertiary/aromatic N) is 4. The second-order valence-corrected chi connectivity index (χ2v) is 11.6. The van der Waals surface area contributed by atoms with Gasteiger partial charge in [0.2, 0.25) is 17.6 Å². The molecule has 0 radical (unpaired) electrons. The number of aryl methyl sites for hydroxylation is 3. The van der Waals surface area contributed by atoms with Crippen LogP contribution in [0.25, 0.3) is 22.2 Å². The van der Waals surface area contributed by atoms with Crippen LogP contribution in [-0.2, 0) is 16.6 Å². The number of carbonyl (C=O) groups is 1. The van der Waals surface area contributed by atoms with Gasteiger partial charge in [-0.25, -0.2) is 4.98 Å². The first kappa shape index (κ1) is 26.9. The molecule has 0 aliphatic carbocycles. The highest BCUT2D eigenvalue weighted by molar-refractivity contribution is 7.16. The Hall–Kier alpha value is -3.17. The van der Waals surface area contributed by atoms with Crippen LogP contribution in [-0.4, -0.2) is 32.6 Å². The summed E-state index contributed by atoms with van der Waals surface area (Å²) >= 11 is 1.56. The van der Waals surface area contributed by atoms with Crippen LogP contribution in [0.5, 0.6) is 0 Å². The van der Waals surface area contributed by atoms with Crippen molar-refractivity contribution in [3.8, 4) is 11.4 Å². The second-order valence-electron chi connectivity index (χ2n) is 10.6. The molecule has 4 rings (SSSR count). The lowest BCUT2D eigenvalue weighted by Gasteiger charge is -2.17. The average molecular weight is 521 g/mol. The Morgan fingerprint density at radius 1 is 1.16 bits per heavy atom. The molecule has 1 amide bonds. The van der Waals surface area contributed by atoms with E-state index in [1.807, 2.05) is 25.3 Å². The Morgan fingerprint density at radius 2 is 1.97 bits per heavy atom. The molecule has 0 aliphatic rings. The average Bonchev–Trinajstić information content (AvgIpc) is 3.45. The zero-order valence-electron chi connectivity index (χ0n) is 22.3. The van der Waals surface area contributed by atoms with Gasteiger partial charge in [-0.15, -0.1) is 11.3 Å². The zero-order valence-corrected chi connectivity index (χ0v) is 23.1. The fraction of sp³-hybridized carbons (Fsp3) is 0.464. The van der Waals surface area contributed by atoms with Crippen LogP contribution in [0.2, 0.25) is 0 Å². The van der Waals surface area contributed by atoms with Crippen LogP contribution >= 0.6 is 11.3 Å². The van der Waals surface area contributed by atoms with Crippen molar-refractivity contribution in [3.63, 3.8) is 0 Å². The number of rotatable bonds is 10. The van der Waals surface area contributed by atoms with Crippen molar-refractivity contribution in [2.45, 2.75) is 72.1 Å². The molecular formula is C28H36N6O2S. The highest BCUT2D eigenvalue weighted by Gasteiger charge is 2.22. The van der Waals surface area contributed by atoms with Crippen molar-refractivity contribution >= 4 is 33.1 Å². The van der Waals surface area contributed by atoms with E-state index in [2.05, 4.69) is 58.3 Å². The van der Waals surface area contributed by atoms with Gasteiger partial charge in [-0.3, -0.25) is 9.78 Å². The van der Waals surface area contributed by atoms with Crippen molar-refractivity contribution in [1.29, 1.82) is 0 Å². The first-order valence-corrected chi connectivity index (χ1v) is 13.6. The second kappa shape index (κ2) is 11.5. The summed E-state index contributed by atoms with van der Waals surface area (Å²) in [6.07, 6.45) is 5.66. The third-order valence-corrected chi connectivity index (χ3v) is 7.94. The van der Waals surface area contributed by atoms with Crippen LogP contribution < -0.4 is 11.1 Å². The molecule has 0 saturated carbocycles. The molecule has 0 bridgehead atoms. The molecule has 3 N–H and O–H groups in total. The van der Waals surface area contributed by atoms with Crippen LogP contribution in [0.3, 0.4) is 0 Å². The molecule has 3 heterocycles. The van der Waals surface area contributed by atoms with Gasteiger partial charge in [-0.1, -0.05) is 38.1 Å². The molecule has 0 aliphatic heterocycles. The molecule has 0 spiro atoms. The fourth-order valence-electron chi connectivity index (χ4n) is 4.66. The van der Waals surface area contributed by atoms with Gasteiger partial charge in [0.25, 0.3) is 0 Å². The molecule has 37 heavy (non-hydrogen) atoms. The number of amides is 1. The van der Waals surface area contributed by atoms with Gasteiger partial charge in [0.05, 0.1) is 5.69 Å². The van der Waals surface area contributed by atoms with Crippen molar-refractivity contribution in [3.05, 3.63) is 52.6 Å². The van der Waals surface area contributed by atoms with E-state index in [1.54, 1.807) is 18.3 Å². The maximum absolute atomic E-state index is 13.0. The minimum Gasteiger partial charge on any atom is -0.339 e. The van der Waals surface area contributed by atoms with Crippen molar-refractivity contribution < 1.29 is 9.32 Å². The normalized spacial score (nSPS) is 12.7. The van der Waals surface area contributed by atoms with E-state index >= 15 is 0 Å². The minimum absolute atomic E-state index is 0.00226. The Labute approximate surface area is 222 Å². The Balaban J connectivity index is 1.46. The largest absolute Gasteiger partial charge is 0.339 e. The van der Waals surface area contributed by atoms with Gasteiger partial charge in [0.1, 0.15) is 0 Å². The molecule has 196 valence electrons. The Kier molecular flexibility index (Phi) is 8.34. The van der Waals surface area contributed by atoms with Gasteiger partial charge in [-0.2, -0.15) is 4.98 Å². The number of benzene rings is 1. The quantitative estimate of drug-likeness (QED) is 0.264. The van der Waals surface area contributed by atoms with Crippen molar-refractivity contribution in [2.24, 2.45) is 11.7 Å². The molecule has 9 heteroatoms. The standard InChI is InChI=1S/C28H36N6O2S/c1-17-25(28(3,4)5)37-27(31-17)33-24(35)15-19(7-6-13-29)8-11-23-22-16-21(26-32-18(2)36-34-26)10-9-20(22)12-14-30-23/h9-10,12,14,16,19H,6-8,11,13,15,29H2,1-5H3,(H,31,33,35)/t19-/m1/s1. The van der Waals surface area contributed by atoms with Crippen LogP contribution in [0.4, 0.5) is 5.13 Å². The molecule has 0 unspecified atom stereocenters. The highest BCUT2D eigenvalue weighted by atomic mass is 32.1. The van der Waals surface area contributed by atoms with E-state index in [0.717, 1.165) is 53.4 Å². The highest BCUT2D eigenvalue weighted by Crippen LogP contribution is 2.34. The lowest BCUT2D eigenvalue weighted by Crippen LogP contribution is -2.18. The smallest absolute Gasteiger partial charge is 0.226 e. The van der Waals surface area contributed by atoms with Gasteiger partial charge >= 0.3 is 0 Å². The topological polar surface area (TPSA) is 120 Å². The van der Waals surface area contributed by atoms with Gasteiger partial charge in [0.15, 0.2) is 5.13 Å². The summed E-state index contributed by atoms with van der Waals surface area (Å²) in [7, 11) is 0. The predicted octanol–water partition coefficient (Wildman–Crippen LogP) is 5.97. The molecule has 1 aromatic carbocycles. The van der Waals surface area contributed by atoms with Gasteiger partial charge in [-0.05, 0) is 68.0 Å². The summed E-state index contributed by atoms with van der Waals surface area (Å²) in [5.41, 5.74) is 8.68. The molecule has 4 aromatic rings. The van der Waals surface area contributed by atoms with E-state index in [4.69, 9.17) is 10.3 Å². The summed E-state index contributed by atoms with van der Waals surface area (Å²) in [6, 6.07) is 8.13. The van der Waals surface area contributed by atoms with E-state index in [1.165, 1.54) is 4.88 Å². The van der Waals surface area contributed by atoms with Crippen LogP contribution in [0.15, 0.2) is 35.0 Å². The Morgan fingerprint density at radius 3 is 2.65 bits per heavy atom. The summed E-state index contributed by atoms with van der Waals surface area (Å²) < 4.78 is 5.15. The monoisotopic (exact) mass is 520 g/mol. The molecule has 1 atom stereocenters. The number of hydrogen-bond acceptors (Lipinski definition) is 8. The molecular weight excluding hydrogens is 484 g/mol. The zero-order chi connectivity index (χ0) is 26.6. The molecule has 3 aromatic heterocycles. The molecule has 8 nitrogen and oxygen atoms in total. The summed E-state index contributed by atoms with van der Waals surface area (Å²) in [6.45, 7) is 10.9. The number of hydrogen-bond donors (Lipinski definition) is 2. The SMILES string of the molecule is Cc1nc(-c2ccc3ccnc(CC[C@@H](CCCN)CC(=O)Nc4nc(C)c(C(C)(C)C)s4)c3c2)no1. The number of thiazole rings is 1. The number of nitrogens with one attached hydrogen (secondary N) is 1. The van der Waals surface area contributed by atoms with E-state index < -0.39 is 0 Å². The maximum Gasteiger partial charge on any atom is 0.226 e. The third-order valence-electron chi connectivity index (χ3n) is 6.44. The van der Waals surface area contributed by atoms with Crippen LogP contribution in [0.1, 0.15) is 68.6 Å². The summed E-state index contributed by atoms with van der Waals surface area (Å²) in [5.74, 6) is 1.30. The van der Waals surface area contributed by atoms with Crippen molar-refractivity contribution in [2.75, 3.05) is 11.9 Å². The van der Waals surface area contributed by atoms with E-state index in [-0.39, 0.29) is 17.2 Å². The summed E-state index contributed by atoms with van der Waals surface area (Å²) in [4.78, 5) is 27.8. The number of aromatic nitrogens is 4. The third kappa shape index (κ3) is 6.78. The number of fused-ring (bicyclic) bond motifs is 1.